The van der Waals surface area contributed by atoms with Crippen LogP contribution in [-0.2, 0) is 4.79 Å². The van der Waals surface area contributed by atoms with Crippen molar-refractivity contribution in [1.82, 2.24) is 5.43 Å². The molecule has 1 amide bonds. The van der Waals surface area contributed by atoms with Crippen LogP contribution in [0.1, 0.15) is 18.4 Å². The number of benzene rings is 1. The summed E-state index contributed by atoms with van der Waals surface area (Å²) in [6, 6.07) is 2.87. The predicted octanol–water partition coefficient (Wildman–Crippen LogP) is 1.28. The Hall–Kier alpha value is -1.89. The quantitative estimate of drug-likeness (QED) is 0.642. The molecule has 0 bridgehead atoms. The van der Waals surface area contributed by atoms with E-state index in [1.54, 1.807) is 0 Å². The maximum atomic E-state index is 12.4. The molecule has 1 fully saturated rings. The molecule has 2 heterocycles. The van der Waals surface area contributed by atoms with Crippen molar-refractivity contribution < 1.29 is 14.5 Å². The lowest BCUT2D eigenvalue weighted by atomic mass is 10.2. The molecule has 2 aromatic rings. The molecule has 23 heavy (non-hydrogen) atoms. The second-order valence-corrected chi connectivity index (χ2v) is 6.14. The molecule has 0 radical (unpaired) electrons. The zero-order chi connectivity index (χ0) is 16.4. The highest BCUT2D eigenvalue weighted by Crippen LogP contribution is 2.26. The SMILES string of the molecule is O=C(N/N=C\c1coc2c(Cl)cc(Cl)cc2c1=O)[C@H]1CCC[NH2+]1. The second kappa shape index (κ2) is 6.70. The molecule has 1 aromatic heterocycles. The Labute approximate surface area is 141 Å². The minimum Gasteiger partial charge on any atom is -0.462 e. The summed E-state index contributed by atoms with van der Waals surface area (Å²) >= 11 is 11.9. The number of quaternary nitrogens is 1. The standard InChI is InChI=1S/C15H13Cl2N3O3/c16-9-4-10-13(21)8(7-23-14(10)11(17)5-9)6-19-20-15(22)12-2-1-3-18-12/h4-7,12,18H,1-3H2,(H,20,22)/p+1/b19-6-/t12-/m1/s1. The van der Waals surface area contributed by atoms with Crippen molar-refractivity contribution in [2.45, 2.75) is 18.9 Å². The minimum absolute atomic E-state index is 0.113. The number of halogens is 2. The molecule has 0 saturated carbocycles. The lowest BCUT2D eigenvalue weighted by molar-refractivity contribution is -0.657. The van der Waals surface area contributed by atoms with Gasteiger partial charge in [-0.05, 0) is 12.1 Å². The first-order chi connectivity index (χ1) is 11.1. The normalized spacial score (nSPS) is 17.9. The highest BCUT2D eigenvalue weighted by atomic mass is 35.5. The number of rotatable bonds is 3. The third-order valence-electron chi connectivity index (χ3n) is 3.70. The van der Waals surface area contributed by atoms with Crippen LogP contribution in [0.4, 0.5) is 0 Å². The number of hydrogen-bond donors (Lipinski definition) is 2. The summed E-state index contributed by atoms with van der Waals surface area (Å²) in [7, 11) is 0. The number of carbonyl (C=O) groups excluding carboxylic acids is 1. The van der Waals surface area contributed by atoms with Gasteiger partial charge in [-0.2, -0.15) is 5.10 Å². The predicted molar refractivity (Wildman–Crippen MR) is 88.1 cm³/mol. The van der Waals surface area contributed by atoms with Crippen LogP contribution in [0.3, 0.4) is 0 Å². The summed E-state index contributed by atoms with van der Waals surface area (Å²) in [4.78, 5) is 24.2. The van der Waals surface area contributed by atoms with Gasteiger partial charge in [0.2, 0.25) is 5.43 Å². The van der Waals surface area contributed by atoms with E-state index in [-0.39, 0.29) is 38.9 Å². The van der Waals surface area contributed by atoms with Gasteiger partial charge in [-0.3, -0.25) is 9.59 Å². The van der Waals surface area contributed by atoms with Crippen LogP contribution >= 0.6 is 23.2 Å². The van der Waals surface area contributed by atoms with Gasteiger partial charge >= 0.3 is 0 Å². The van der Waals surface area contributed by atoms with E-state index in [2.05, 4.69) is 10.5 Å². The fourth-order valence-corrected chi connectivity index (χ4v) is 3.07. The van der Waals surface area contributed by atoms with Crippen LogP contribution < -0.4 is 16.2 Å². The third kappa shape index (κ3) is 3.39. The lowest BCUT2D eigenvalue weighted by Crippen LogP contribution is -2.89. The number of hydrazone groups is 1. The number of fused-ring (bicyclic) bond motifs is 1. The molecule has 1 atom stereocenters. The van der Waals surface area contributed by atoms with Crippen molar-refractivity contribution in [3.63, 3.8) is 0 Å². The van der Waals surface area contributed by atoms with Gasteiger partial charge in [0, 0.05) is 17.9 Å². The highest BCUT2D eigenvalue weighted by molar-refractivity contribution is 6.38. The summed E-state index contributed by atoms with van der Waals surface area (Å²) < 4.78 is 5.37. The maximum absolute atomic E-state index is 12.4. The Morgan fingerprint density at radius 2 is 2.26 bits per heavy atom. The Morgan fingerprint density at radius 3 is 3.00 bits per heavy atom. The first-order valence-corrected chi connectivity index (χ1v) is 7.88. The summed E-state index contributed by atoms with van der Waals surface area (Å²) in [5.41, 5.74) is 2.59. The van der Waals surface area contributed by atoms with Gasteiger partial charge < -0.3 is 9.73 Å². The average Bonchev–Trinajstić information content (AvgIpc) is 3.04. The van der Waals surface area contributed by atoms with E-state index < -0.39 is 0 Å². The molecule has 3 N–H and O–H groups in total. The molecule has 8 heteroatoms. The minimum atomic E-state index is -0.318. The van der Waals surface area contributed by atoms with E-state index in [4.69, 9.17) is 27.6 Å². The average molecular weight is 355 g/mol. The molecule has 1 aliphatic heterocycles. The molecular weight excluding hydrogens is 341 g/mol. The molecule has 0 unspecified atom stereocenters. The zero-order valence-corrected chi connectivity index (χ0v) is 13.5. The first-order valence-electron chi connectivity index (χ1n) is 7.13. The molecule has 0 aliphatic carbocycles. The number of nitrogens with one attached hydrogen (secondary N) is 1. The number of amides is 1. The van der Waals surface area contributed by atoms with Crippen LogP contribution in [0.2, 0.25) is 10.0 Å². The van der Waals surface area contributed by atoms with E-state index in [1.807, 2.05) is 5.32 Å². The maximum Gasteiger partial charge on any atom is 0.298 e. The van der Waals surface area contributed by atoms with Crippen molar-refractivity contribution in [2.24, 2.45) is 5.10 Å². The van der Waals surface area contributed by atoms with Gasteiger partial charge in [-0.1, -0.05) is 23.2 Å². The topological polar surface area (TPSA) is 88.3 Å². The number of hydrogen-bond acceptors (Lipinski definition) is 4. The number of nitrogens with zero attached hydrogens (tertiary/aromatic N) is 1. The van der Waals surface area contributed by atoms with Crippen molar-refractivity contribution in [1.29, 1.82) is 0 Å². The molecule has 120 valence electrons. The molecule has 6 nitrogen and oxygen atoms in total. The van der Waals surface area contributed by atoms with Crippen LogP contribution in [0.25, 0.3) is 11.0 Å². The summed E-state index contributed by atoms with van der Waals surface area (Å²) in [6.07, 6.45) is 4.35. The molecule has 3 rings (SSSR count). The van der Waals surface area contributed by atoms with Crippen molar-refractivity contribution in [3.8, 4) is 0 Å². The fraction of sp³-hybridized carbons (Fsp3) is 0.267. The van der Waals surface area contributed by atoms with E-state index in [0.29, 0.717) is 5.02 Å². The second-order valence-electron chi connectivity index (χ2n) is 5.29. The summed E-state index contributed by atoms with van der Waals surface area (Å²) in [5.74, 6) is -0.171. The molecule has 0 spiro atoms. The Kier molecular flexibility index (Phi) is 4.66. The monoisotopic (exact) mass is 354 g/mol. The van der Waals surface area contributed by atoms with Gasteiger partial charge in [0.05, 0.1) is 28.7 Å². The molecule has 1 aliphatic rings. The Bertz CT molecular complexity index is 842. The van der Waals surface area contributed by atoms with Crippen LogP contribution in [-0.4, -0.2) is 24.7 Å². The van der Waals surface area contributed by atoms with Crippen molar-refractivity contribution in [3.05, 3.63) is 44.2 Å². The third-order valence-corrected chi connectivity index (χ3v) is 4.20. The van der Waals surface area contributed by atoms with E-state index in [1.165, 1.54) is 24.6 Å². The van der Waals surface area contributed by atoms with Crippen LogP contribution in [0.5, 0.6) is 0 Å². The zero-order valence-electron chi connectivity index (χ0n) is 12.0. The van der Waals surface area contributed by atoms with Crippen LogP contribution in [0, 0.1) is 0 Å². The van der Waals surface area contributed by atoms with E-state index >= 15 is 0 Å². The lowest BCUT2D eigenvalue weighted by Gasteiger charge is -2.04. The van der Waals surface area contributed by atoms with Gasteiger partial charge in [0.1, 0.15) is 6.26 Å². The summed E-state index contributed by atoms with van der Waals surface area (Å²) in [6.45, 7) is 0.942. The van der Waals surface area contributed by atoms with Gasteiger partial charge in [0.15, 0.2) is 11.6 Å². The van der Waals surface area contributed by atoms with Gasteiger partial charge in [-0.25, -0.2) is 5.43 Å². The van der Waals surface area contributed by atoms with Gasteiger partial charge in [-0.15, -0.1) is 0 Å². The molecule has 1 saturated heterocycles. The Balaban J connectivity index is 1.83. The fourth-order valence-electron chi connectivity index (χ4n) is 2.53. The highest BCUT2D eigenvalue weighted by Gasteiger charge is 2.25. The first kappa shape index (κ1) is 16.0. The van der Waals surface area contributed by atoms with Crippen molar-refractivity contribution in [2.75, 3.05) is 6.54 Å². The van der Waals surface area contributed by atoms with E-state index in [9.17, 15) is 9.59 Å². The van der Waals surface area contributed by atoms with Crippen molar-refractivity contribution >= 4 is 46.3 Å². The largest absolute Gasteiger partial charge is 0.462 e. The number of carbonyl (C=O) groups is 1. The van der Waals surface area contributed by atoms with Crippen LogP contribution in [0.15, 0.2) is 32.7 Å². The molecular formula is C15H14Cl2N3O3+. The Morgan fingerprint density at radius 1 is 1.43 bits per heavy atom. The van der Waals surface area contributed by atoms with E-state index in [0.717, 1.165) is 19.4 Å². The number of nitrogens with two attached hydrogens (primary N) is 1. The van der Waals surface area contributed by atoms with Gasteiger partial charge in [0.25, 0.3) is 5.91 Å². The smallest absolute Gasteiger partial charge is 0.298 e. The molecule has 1 aromatic carbocycles. The summed E-state index contributed by atoms with van der Waals surface area (Å²) in [5, 5.41) is 6.67.